The van der Waals surface area contributed by atoms with Crippen LogP contribution in [0, 0.1) is 18.6 Å². The number of imidazole rings is 1. The van der Waals surface area contributed by atoms with Gasteiger partial charge in [-0.05, 0) is 42.7 Å². The van der Waals surface area contributed by atoms with Gasteiger partial charge in [0, 0.05) is 25.1 Å². The Labute approximate surface area is 155 Å². The Morgan fingerprint density at radius 2 is 2.00 bits per heavy atom. The average Bonchev–Trinajstić information content (AvgIpc) is 3.09. The Morgan fingerprint density at radius 3 is 2.78 bits per heavy atom. The van der Waals surface area contributed by atoms with Gasteiger partial charge in [-0.1, -0.05) is 24.3 Å². The van der Waals surface area contributed by atoms with Crippen molar-refractivity contribution in [1.29, 1.82) is 0 Å². The van der Waals surface area contributed by atoms with Crippen molar-refractivity contribution in [3.05, 3.63) is 82.9 Å². The Balaban J connectivity index is 1.52. The van der Waals surface area contributed by atoms with Gasteiger partial charge in [-0.25, -0.2) is 13.8 Å². The maximum Gasteiger partial charge on any atom is 0.275 e. The maximum atomic E-state index is 13.7. The van der Waals surface area contributed by atoms with Gasteiger partial charge in [-0.2, -0.15) is 0 Å². The van der Waals surface area contributed by atoms with Crippen LogP contribution in [0.1, 0.15) is 39.8 Å². The molecule has 6 heteroatoms. The molecule has 2 heterocycles. The predicted molar refractivity (Wildman–Crippen MR) is 98.8 cm³/mol. The SMILES string of the molecule is Cc1cc(C2CCc3nc(C(=O)Nc4ccccc4F)cn3C2)ccc1F. The highest BCUT2D eigenvalue weighted by molar-refractivity contribution is 6.02. The second kappa shape index (κ2) is 6.95. The average molecular weight is 367 g/mol. The van der Waals surface area contributed by atoms with Crippen LogP contribution in [0.15, 0.2) is 48.7 Å². The summed E-state index contributed by atoms with van der Waals surface area (Å²) in [5.41, 5.74) is 2.12. The third-order valence-electron chi connectivity index (χ3n) is 5.00. The number of rotatable bonds is 3. The second-order valence-corrected chi connectivity index (χ2v) is 6.87. The number of para-hydroxylation sites is 1. The van der Waals surface area contributed by atoms with E-state index in [-0.39, 0.29) is 23.1 Å². The van der Waals surface area contributed by atoms with Crippen LogP contribution >= 0.6 is 0 Å². The zero-order valence-corrected chi connectivity index (χ0v) is 14.9. The number of carbonyl (C=O) groups excluding carboxylic acids is 1. The van der Waals surface area contributed by atoms with E-state index in [2.05, 4.69) is 10.3 Å². The topological polar surface area (TPSA) is 46.9 Å². The van der Waals surface area contributed by atoms with Crippen LogP contribution in [0.25, 0.3) is 0 Å². The molecule has 1 atom stereocenters. The van der Waals surface area contributed by atoms with Crippen molar-refractivity contribution in [2.45, 2.75) is 32.2 Å². The lowest BCUT2D eigenvalue weighted by atomic mass is 9.90. The number of carbonyl (C=O) groups is 1. The maximum absolute atomic E-state index is 13.7. The minimum atomic E-state index is -0.485. The number of halogens is 2. The first-order valence-corrected chi connectivity index (χ1v) is 8.89. The molecular weight excluding hydrogens is 348 g/mol. The number of nitrogens with zero attached hydrogens (tertiary/aromatic N) is 2. The molecule has 4 nitrogen and oxygen atoms in total. The third kappa shape index (κ3) is 3.47. The fourth-order valence-electron chi connectivity index (χ4n) is 3.50. The van der Waals surface area contributed by atoms with Crippen LogP contribution in [-0.4, -0.2) is 15.5 Å². The number of benzene rings is 2. The van der Waals surface area contributed by atoms with E-state index in [9.17, 15) is 13.6 Å². The van der Waals surface area contributed by atoms with E-state index in [1.165, 1.54) is 18.2 Å². The minimum absolute atomic E-state index is 0.133. The van der Waals surface area contributed by atoms with Gasteiger partial charge < -0.3 is 9.88 Å². The molecule has 0 bridgehead atoms. The summed E-state index contributed by atoms with van der Waals surface area (Å²) in [6.45, 7) is 2.44. The fourth-order valence-corrected chi connectivity index (χ4v) is 3.50. The van der Waals surface area contributed by atoms with Crippen molar-refractivity contribution in [3.8, 4) is 0 Å². The number of hydrogen-bond acceptors (Lipinski definition) is 2. The van der Waals surface area contributed by atoms with Gasteiger partial charge in [-0.15, -0.1) is 0 Å². The first kappa shape index (κ1) is 17.4. The second-order valence-electron chi connectivity index (χ2n) is 6.87. The molecule has 1 aliphatic rings. The molecule has 1 N–H and O–H groups in total. The monoisotopic (exact) mass is 367 g/mol. The summed E-state index contributed by atoms with van der Waals surface area (Å²) in [5.74, 6) is -0.0417. The van der Waals surface area contributed by atoms with E-state index in [1.807, 2.05) is 16.7 Å². The Morgan fingerprint density at radius 1 is 1.19 bits per heavy atom. The molecule has 0 spiro atoms. The lowest BCUT2D eigenvalue weighted by molar-refractivity contribution is 0.102. The number of nitrogens with one attached hydrogen (secondary N) is 1. The number of fused-ring (bicyclic) bond motifs is 1. The molecule has 0 aliphatic carbocycles. The summed E-state index contributed by atoms with van der Waals surface area (Å²) >= 11 is 0. The Bertz CT molecular complexity index is 1010. The van der Waals surface area contributed by atoms with E-state index in [0.717, 1.165) is 24.2 Å². The van der Waals surface area contributed by atoms with Crippen molar-refractivity contribution in [1.82, 2.24) is 9.55 Å². The van der Waals surface area contributed by atoms with Crippen LogP contribution in [-0.2, 0) is 13.0 Å². The first-order chi connectivity index (χ1) is 13.0. The quantitative estimate of drug-likeness (QED) is 0.743. The van der Waals surface area contributed by atoms with Crippen LogP contribution in [0.2, 0.25) is 0 Å². The zero-order chi connectivity index (χ0) is 19.0. The highest BCUT2D eigenvalue weighted by Gasteiger charge is 2.24. The first-order valence-electron chi connectivity index (χ1n) is 8.89. The van der Waals surface area contributed by atoms with Crippen molar-refractivity contribution < 1.29 is 13.6 Å². The predicted octanol–water partition coefficient (Wildman–Crippen LogP) is 4.45. The molecule has 1 aliphatic heterocycles. The number of anilines is 1. The molecule has 0 saturated carbocycles. The molecule has 2 aromatic carbocycles. The van der Waals surface area contributed by atoms with Gasteiger partial charge in [0.2, 0.25) is 0 Å². The van der Waals surface area contributed by atoms with Gasteiger partial charge in [0.05, 0.1) is 5.69 Å². The summed E-state index contributed by atoms with van der Waals surface area (Å²) in [6, 6.07) is 11.2. The smallest absolute Gasteiger partial charge is 0.275 e. The highest BCUT2D eigenvalue weighted by Crippen LogP contribution is 2.30. The summed E-state index contributed by atoms with van der Waals surface area (Å²) in [7, 11) is 0. The lowest BCUT2D eigenvalue weighted by Gasteiger charge is -2.24. The number of aryl methyl sites for hydroxylation is 2. The largest absolute Gasteiger partial charge is 0.333 e. The Hall–Kier alpha value is -3.02. The van der Waals surface area contributed by atoms with E-state index in [1.54, 1.807) is 25.3 Å². The standard InChI is InChI=1S/C21H19F2N3O/c1-13-10-14(6-8-16(13)22)15-7-9-20-24-19(12-26(20)11-15)21(27)25-18-5-3-2-4-17(18)23/h2-6,8,10,12,15H,7,9,11H2,1H3,(H,25,27). The fraction of sp³-hybridized carbons (Fsp3) is 0.238. The van der Waals surface area contributed by atoms with E-state index in [4.69, 9.17) is 0 Å². The molecule has 27 heavy (non-hydrogen) atoms. The van der Waals surface area contributed by atoms with E-state index < -0.39 is 11.7 Å². The van der Waals surface area contributed by atoms with Gasteiger partial charge >= 0.3 is 0 Å². The number of hydrogen-bond donors (Lipinski definition) is 1. The van der Waals surface area contributed by atoms with Gasteiger partial charge in [0.1, 0.15) is 23.2 Å². The van der Waals surface area contributed by atoms with Gasteiger partial charge in [0.25, 0.3) is 5.91 Å². The Kier molecular flexibility index (Phi) is 4.48. The van der Waals surface area contributed by atoms with Crippen LogP contribution in [0.5, 0.6) is 0 Å². The molecule has 1 amide bonds. The molecule has 0 radical (unpaired) electrons. The minimum Gasteiger partial charge on any atom is -0.333 e. The van der Waals surface area contributed by atoms with Crippen LogP contribution < -0.4 is 5.32 Å². The van der Waals surface area contributed by atoms with Crippen molar-refractivity contribution >= 4 is 11.6 Å². The summed E-state index contributed by atoms with van der Waals surface area (Å²) in [4.78, 5) is 16.8. The van der Waals surface area contributed by atoms with Crippen molar-refractivity contribution in [2.24, 2.45) is 0 Å². The van der Waals surface area contributed by atoms with Gasteiger partial charge in [-0.3, -0.25) is 4.79 Å². The molecule has 1 aromatic heterocycles. The van der Waals surface area contributed by atoms with E-state index in [0.29, 0.717) is 12.1 Å². The molecule has 4 rings (SSSR count). The number of amides is 1. The lowest BCUT2D eigenvalue weighted by Crippen LogP contribution is -2.18. The molecule has 3 aromatic rings. The number of aromatic nitrogens is 2. The normalized spacial score (nSPS) is 16.0. The third-order valence-corrected chi connectivity index (χ3v) is 5.00. The highest BCUT2D eigenvalue weighted by atomic mass is 19.1. The zero-order valence-electron chi connectivity index (χ0n) is 14.9. The summed E-state index contributed by atoms with van der Waals surface area (Å²) in [5, 5.41) is 2.56. The van der Waals surface area contributed by atoms with Crippen molar-refractivity contribution in [2.75, 3.05) is 5.32 Å². The van der Waals surface area contributed by atoms with Crippen LogP contribution in [0.4, 0.5) is 14.5 Å². The van der Waals surface area contributed by atoms with Crippen molar-refractivity contribution in [3.63, 3.8) is 0 Å². The van der Waals surface area contributed by atoms with Gasteiger partial charge in [0.15, 0.2) is 0 Å². The van der Waals surface area contributed by atoms with E-state index >= 15 is 0 Å². The molecule has 138 valence electrons. The van der Waals surface area contributed by atoms with Crippen LogP contribution in [0.3, 0.4) is 0 Å². The molecular formula is C21H19F2N3O. The molecule has 0 saturated heterocycles. The molecule has 1 unspecified atom stereocenters. The summed E-state index contributed by atoms with van der Waals surface area (Å²) < 4.78 is 29.2. The molecule has 0 fully saturated rings. The summed E-state index contributed by atoms with van der Waals surface area (Å²) in [6.07, 6.45) is 3.32.